The number of thioether (sulfide) groups is 1. The summed E-state index contributed by atoms with van der Waals surface area (Å²) in [5.41, 5.74) is 3.43. The van der Waals surface area contributed by atoms with E-state index in [2.05, 4.69) is 10.3 Å². The molecule has 0 saturated heterocycles. The molecule has 158 valence electrons. The Bertz CT molecular complexity index is 1110. The number of rotatable bonds is 8. The largest absolute Gasteiger partial charge is 0.385 e. The molecule has 0 radical (unpaired) electrons. The molecule has 0 bridgehead atoms. The molecular weight excluding hydrogens is 398 g/mol. The minimum absolute atomic E-state index is 0.0960. The Balaban J connectivity index is 1.87. The van der Waals surface area contributed by atoms with Gasteiger partial charge in [0.25, 0.3) is 5.56 Å². The van der Waals surface area contributed by atoms with Gasteiger partial charge >= 0.3 is 0 Å². The van der Waals surface area contributed by atoms with Crippen molar-refractivity contribution < 1.29 is 9.53 Å². The third kappa shape index (κ3) is 5.09. The van der Waals surface area contributed by atoms with Crippen molar-refractivity contribution in [1.82, 2.24) is 9.55 Å². The molecule has 3 aromatic rings. The van der Waals surface area contributed by atoms with E-state index in [4.69, 9.17) is 4.74 Å². The third-order valence-corrected chi connectivity index (χ3v) is 5.95. The van der Waals surface area contributed by atoms with Gasteiger partial charge in [-0.05, 0) is 56.5 Å². The summed E-state index contributed by atoms with van der Waals surface area (Å²) in [6, 6.07) is 13.2. The van der Waals surface area contributed by atoms with Gasteiger partial charge in [-0.3, -0.25) is 14.2 Å². The number of aromatic nitrogens is 2. The highest BCUT2D eigenvalue weighted by Gasteiger charge is 2.20. The van der Waals surface area contributed by atoms with E-state index >= 15 is 0 Å². The van der Waals surface area contributed by atoms with Crippen LogP contribution in [0.3, 0.4) is 0 Å². The second-order valence-corrected chi connectivity index (χ2v) is 8.59. The molecule has 0 aliphatic carbocycles. The van der Waals surface area contributed by atoms with E-state index in [-0.39, 0.29) is 11.5 Å². The number of nitrogens with one attached hydrogen (secondary N) is 1. The molecular formula is C23H27N3O3S. The maximum absolute atomic E-state index is 13.0. The number of amides is 1. The highest BCUT2D eigenvalue weighted by atomic mass is 32.2. The number of hydrogen-bond donors (Lipinski definition) is 1. The predicted octanol–water partition coefficient (Wildman–Crippen LogP) is 4.17. The number of hydrogen-bond acceptors (Lipinski definition) is 5. The molecule has 0 aliphatic heterocycles. The van der Waals surface area contributed by atoms with Crippen molar-refractivity contribution in [3.63, 3.8) is 0 Å². The standard InChI is InChI=1S/C23H27N3O3S/c1-15-10-11-16(2)20(14-15)24-21(27)17(3)30-23-25-19-9-6-5-8-18(19)22(28)26(23)12-7-13-29-4/h5-6,8-11,14,17H,7,12-13H2,1-4H3,(H,24,27)/t17-/m1/s1. The Labute approximate surface area is 180 Å². The van der Waals surface area contributed by atoms with Gasteiger partial charge in [0, 0.05) is 25.9 Å². The maximum Gasteiger partial charge on any atom is 0.262 e. The molecule has 7 heteroatoms. The number of carbonyl (C=O) groups is 1. The van der Waals surface area contributed by atoms with Crippen molar-refractivity contribution >= 4 is 34.3 Å². The van der Waals surface area contributed by atoms with Crippen LogP contribution < -0.4 is 10.9 Å². The molecule has 0 saturated carbocycles. The number of nitrogens with zero attached hydrogens (tertiary/aromatic N) is 2. The quantitative estimate of drug-likeness (QED) is 0.333. The second-order valence-electron chi connectivity index (χ2n) is 7.28. The SMILES string of the molecule is COCCCn1c(S[C@H](C)C(=O)Nc2cc(C)ccc2C)nc2ccccc2c1=O. The number of para-hydroxylation sites is 1. The summed E-state index contributed by atoms with van der Waals surface area (Å²) in [6.07, 6.45) is 0.688. The second kappa shape index (κ2) is 9.91. The van der Waals surface area contributed by atoms with Gasteiger partial charge in [0.1, 0.15) is 0 Å². The molecule has 0 spiro atoms. The minimum Gasteiger partial charge on any atom is -0.385 e. The summed E-state index contributed by atoms with van der Waals surface area (Å²) in [4.78, 5) is 30.6. The van der Waals surface area contributed by atoms with E-state index in [0.29, 0.717) is 35.6 Å². The molecule has 2 aromatic carbocycles. The molecule has 3 rings (SSSR count). The minimum atomic E-state index is -0.424. The average molecular weight is 426 g/mol. The number of aryl methyl sites for hydroxylation is 2. The van der Waals surface area contributed by atoms with E-state index in [1.165, 1.54) is 11.8 Å². The van der Waals surface area contributed by atoms with Crippen LogP contribution in [0, 0.1) is 13.8 Å². The third-order valence-electron chi connectivity index (χ3n) is 4.86. The molecule has 6 nitrogen and oxygen atoms in total. The van der Waals surface area contributed by atoms with Gasteiger partial charge in [0.15, 0.2) is 5.16 Å². The lowest BCUT2D eigenvalue weighted by Gasteiger charge is -2.17. The molecule has 30 heavy (non-hydrogen) atoms. The lowest BCUT2D eigenvalue weighted by atomic mass is 10.1. The van der Waals surface area contributed by atoms with Crippen LogP contribution in [0.25, 0.3) is 10.9 Å². The van der Waals surface area contributed by atoms with Crippen LogP contribution in [0.2, 0.25) is 0 Å². The predicted molar refractivity (Wildman–Crippen MR) is 122 cm³/mol. The molecule has 0 aliphatic rings. The van der Waals surface area contributed by atoms with E-state index in [9.17, 15) is 9.59 Å². The summed E-state index contributed by atoms with van der Waals surface area (Å²) in [7, 11) is 1.64. The van der Waals surface area contributed by atoms with Crippen molar-refractivity contribution in [3.8, 4) is 0 Å². The number of methoxy groups -OCH3 is 1. The first-order chi connectivity index (χ1) is 14.4. The summed E-state index contributed by atoms with van der Waals surface area (Å²) >= 11 is 1.29. The van der Waals surface area contributed by atoms with Gasteiger partial charge in [-0.1, -0.05) is 36.0 Å². The summed E-state index contributed by atoms with van der Waals surface area (Å²) in [5, 5.41) is 3.69. The lowest BCUT2D eigenvalue weighted by Crippen LogP contribution is -2.27. The maximum atomic E-state index is 13.0. The molecule has 1 N–H and O–H groups in total. The Morgan fingerprint density at radius 3 is 2.77 bits per heavy atom. The zero-order valence-electron chi connectivity index (χ0n) is 17.8. The van der Waals surface area contributed by atoms with Crippen molar-refractivity contribution in [2.24, 2.45) is 0 Å². The number of anilines is 1. The smallest absolute Gasteiger partial charge is 0.262 e. The van der Waals surface area contributed by atoms with Gasteiger partial charge in [-0.15, -0.1) is 0 Å². The summed E-state index contributed by atoms with van der Waals surface area (Å²) < 4.78 is 6.78. The molecule has 0 fully saturated rings. The van der Waals surface area contributed by atoms with Crippen LogP contribution in [0.5, 0.6) is 0 Å². The number of ether oxygens (including phenoxy) is 1. The fourth-order valence-corrected chi connectivity index (χ4v) is 4.05. The first-order valence-corrected chi connectivity index (χ1v) is 10.8. The number of carbonyl (C=O) groups excluding carboxylic acids is 1. The van der Waals surface area contributed by atoms with Gasteiger partial charge in [-0.2, -0.15) is 0 Å². The van der Waals surface area contributed by atoms with E-state index < -0.39 is 5.25 Å². The van der Waals surface area contributed by atoms with Gasteiger partial charge in [-0.25, -0.2) is 4.98 Å². The van der Waals surface area contributed by atoms with Gasteiger partial charge in [0.05, 0.1) is 16.2 Å². The molecule has 1 atom stereocenters. The zero-order chi connectivity index (χ0) is 21.7. The Morgan fingerprint density at radius 2 is 2.00 bits per heavy atom. The normalized spacial score (nSPS) is 12.1. The first kappa shape index (κ1) is 22.1. The van der Waals surface area contributed by atoms with Crippen LogP contribution in [-0.2, 0) is 16.1 Å². The van der Waals surface area contributed by atoms with Crippen LogP contribution in [0.15, 0.2) is 52.4 Å². The topological polar surface area (TPSA) is 73.2 Å². The lowest BCUT2D eigenvalue weighted by molar-refractivity contribution is -0.115. The Morgan fingerprint density at radius 1 is 1.23 bits per heavy atom. The summed E-state index contributed by atoms with van der Waals surface area (Å²) in [6.45, 7) is 6.81. The van der Waals surface area contributed by atoms with Crippen LogP contribution in [-0.4, -0.2) is 34.4 Å². The van der Waals surface area contributed by atoms with E-state index in [0.717, 1.165) is 16.8 Å². The first-order valence-electron chi connectivity index (χ1n) is 9.94. The fourth-order valence-electron chi connectivity index (χ4n) is 3.12. The van der Waals surface area contributed by atoms with Crippen molar-refractivity contribution in [3.05, 3.63) is 63.9 Å². The Kier molecular flexibility index (Phi) is 7.29. The number of benzene rings is 2. The molecule has 0 unspecified atom stereocenters. The van der Waals surface area contributed by atoms with Crippen LogP contribution in [0.1, 0.15) is 24.5 Å². The van der Waals surface area contributed by atoms with E-state index in [1.807, 2.05) is 57.2 Å². The highest BCUT2D eigenvalue weighted by Crippen LogP contribution is 2.25. The monoisotopic (exact) mass is 425 g/mol. The molecule has 1 aromatic heterocycles. The molecule has 1 amide bonds. The highest BCUT2D eigenvalue weighted by molar-refractivity contribution is 8.00. The number of fused-ring (bicyclic) bond motifs is 1. The van der Waals surface area contributed by atoms with Crippen LogP contribution >= 0.6 is 11.8 Å². The fraction of sp³-hybridized carbons (Fsp3) is 0.348. The van der Waals surface area contributed by atoms with Crippen molar-refractivity contribution in [1.29, 1.82) is 0 Å². The van der Waals surface area contributed by atoms with Gasteiger partial charge in [0.2, 0.25) is 5.91 Å². The summed E-state index contributed by atoms with van der Waals surface area (Å²) in [5.74, 6) is -0.125. The van der Waals surface area contributed by atoms with Crippen molar-refractivity contribution in [2.75, 3.05) is 19.0 Å². The Hall–Kier alpha value is -2.64. The van der Waals surface area contributed by atoms with Gasteiger partial charge < -0.3 is 10.1 Å². The van der Waals surface area contributed by atoms with Crippen LogP contribution in [0.4, 0.5) is 5.69 Å². The molecule has 1 heterocycles. The van der Waals surface area contributed by atoms with Crippen molar-refractivity contribution in [2.45, 2.75) is 44.1 Å². The zero-order valence-corrected chi connectivity index (χ0v) is 18.6. The van der Waals surface area contributed by atoms with E-state index in [1.54, 1.807) is 17.7 Å². The average Bonchev–Trinajstić information content (AvgIpc) is 2.73.